The molecule has 1 fully saturated rings. The van der Waals surface area contributed by atoms with E-state index in [4.69, 9.17) is 5.26 Å². The maximum atomic E-state index is 12.9. The van der Waals surface area contributed by atoms with Gasteiger partial charge in [0, 0.05) is 44.0 Å². The lowest BCUT2D eigenvalue weighted by Gasteiger charge is -2.27. The highest BCUT2D eigenvalue weighted by atomic mass is 32.2. The van der Waals surface area contributed by atoms with Gasteiger partial charge in [-0.25, -0.2) is 0 Å². The Kier molecular flexibility index (Phi) is 6.36. The molecule has 2 aromatic rings. The highest BCUT2D eigenvalue weighted by molar-refractivity contribution is 8.01. The Balaban J connectivity index is 1.31. The first-order valence-electron chi connectivity index (χ1n) is 10.2. The molecule has 1 atom stereocenters. The normalized spacial score (nSPS) is 19.4. The molecule has 2 aliphatic rings. The standard InChI is InChI=1S/C23H24N4O2S/c24-15-17-6-8-18(9-7-17)16-26-10-3-11-27(13-12-26)22(28)14-21-23(29)25-19-4-1-2-5-20(19)30-21/h1-2,4-9,21H,3,10-14,16H2,(H,25,29). The summed E-state index contributed by atoms with van der Waals surface area (Å²) in [5, 5.41) is 11.5. The summed E-state index contributed by atoms with van der Waals surface area (Å²) >= 11 is 1.48. The number of amides is 2. The van der Waals surface area contributed by atoms with Crippen LogP contribution in [-0.4, -0.2) is 53.0 Å². The first kappa shape index (κ1) is 20.5. The van der Waals surface area contributed by atoms with E-state index in [1.807, 2.05) is 53.4 Å². The molecule has 7 heteroatoms. The van der Waals surface area contributed by atoms with Crippen molar-refractivity contribution in [2.45, 2.75) is 29.5 Å². The molecule has 1 N–H and O–H groups in total. The van der Waals surface area contributed by atoms with Crippen molar-refractivity contribution < 1.29 is 9.59 Å². The van der Waals surface area contributed by atoms with E-state index >= 15 is 0 Å². The average Bonchev–Trinajstić information content (AvgIpc) is 3.00. The predicted octanol–water partition coefficient (Wildman–Crippen LogP) is 3.10. The lowest BCUT2D eigenvalue weighted by atomic mass is 10.1. The second-order valence-electron chi connectivity index (χ2n) is 7.62. The highest BCUT2D eigenvalue weighted by Gasteiger charge is 2.31. The third-order valence-electron chi connectivity index (χ3n) is 5.50. The Morgan fingerprint density at radius 2 is 1.90 bits per heavy atom. The fraction of sp³-hybridized carbons (Fsp3) is 0.348. The molecule has 1 unspecified atom stereocenters. The van der Waals surface area contributed by atoms with Crippen LogP contribution in [-0.2, 0) is 16.1 Å². The van der Waals surface area contributed by atoms with Gasteiger partial charge in [-0.2, -0.15) is 5.26 Å². The number of rotatable bonds is 4. The Morgan fingerprint density at radius 3 is 2.70 bits per heavy atom. The minimum Gasteiger partial charge on any atom is -0.341 e. The number of benzene rings is 2. The van der Waals surface area contributed by atoms with Gasteiger partial charge in [0.1, 0.15) is 0 Å². The highest BCUT2D eigenvalue weighted by Crippen LogP contribution is 2.36. The topological polar surface area (TPSA) is 76.4 Å². The lowest BCUT2D eigenvalue weighted by Crippen LogP contribution is -2.39. The molecule has 0 spiro atoms. The molecular weight excluding hydrogens is 396 g/mol. The SMILES string of the molecule is N#Cc1ccc(CN2CCCN(C(=O)CC3Sc4ccccc4NC3=O)CC2)cc1. The summed E-state index contributed by atoms with van der Waals surface area (Å²) in [5.41, 5.74) is 2.66. The summed E-state index contributed by atoms with van der Waals surface area (Å²) in [6, 6.07) is 17.5. The fourth-order valence-corrected chi connectivity index (χ4v) is 4.94. The first-order chi connectivity index (χ1) is 14.6. The quantitative estimate of drug-likeness (QED) is 0.823. The van der Waals surface area contributed by atoms with Gasteiger partial charge in [0.2, 0.25) is 11.8 Å². The molecule has 1 saturated heterocycles. The molecule has 4 rings (SSSR count). The van der Waals surface area contributed by atoms with E-state index in [-0.39, 0.29) is 23.5 Å². The van der Waals surface area contributed by atoms with E-state index in [9.17, 15) is 9.59 Å². The summed E-state index contributed by atoms with van der Waals surface area (Å²) in [6.45, 7) is 3.93. The summed E-state index contributed by atoms with van der Waals surface area (Å²) < 4.78 is 0. The van der Waals surface area contributed by atoms with Crippen LogP contribution in [0.15, 0.2) is 53.4 Å². The second-order valence-corrected chi connectivity index (χ2v) is 8.86. The van der Waals surface area contributed by atoms with E-state index < -0.39 is 0 Å². The minimum absolute atomic E-state index is 0.0438. The van der Waals surface area contributed by atoms with Gasteiger partial charge in [-0.1, -0.05) is 24.3 Å². The second kappa shape index (κ2) is 9.33. The summed E-state index contributed by atoms with van der Waals surface area (Å²) in [6.07, 6.45) is 1.13. The van der Waals surface area contributed by atoms with E-state index in [1.54, 1.807) is 0 Å². The van der Waals surface area contributed by atoms with Crippen molar-refractivity contribution in [3.05, 3.63) is 59.7 Å². The molecule has 154 valence electrons. The molecule has 0 bridgehead atoms. The van der Waals surface area contributed by atoms with Crippen LogP contribution >= 0.6 is 11.8 Å². The average molecular weight is 421 g/mol. The number of carbonyl (C=O) groups excluding carboxylic acids is 2. The van der Waals surface area contributed by atoms with Crippen molar-refractivity contribution in [3.63, 3.8) is 0 Å². The molecule has 30 heavy (non-hydrogen) atoms. The van der Waals surface area contributed by atoms with E-state index in [1.165, 1.54) is 17.3 Å². The Hall–Kier alpha value is -2.82. The van der Waals surface area contributed by atoms with Crippen molar-refractivity contribution in [2.75, 3.05) is 31.5 Å². The van der Waals surface area contributed by atoms with Crippen molar-refractivity contribution in [3.8, 4) is 6.07 Å². The van der Waals surface area contributed by atoms with Crippen LogP contribution in [0.4, 0.5) is 5.69 Å². The van der Waals surface area contributed by atoms with Crippen molar-refractivity contribution >= 4 is 29.3 Å². The third-order valence-corrected chi connectivity index (χ3v) is 6.77. The van der Waals surface area contributed by atoms with Crippen molar-refractivity contribution in [2.24, 2.45) is 0 Å². The number of hydrogen-bond acceptors (Lipinski definition) is 5. The van der Waals surface area contributed by atoms with Crippen LogP contribution in [0.3, 0.4) is 0 Å². The maximum absolute atomic E-state index is 12.9. The number of para-hydroxylation sites is 1. The van der Waals surface area contributed by atoms with Crippen LogP contribution in [0.25, 0.3) is 0 Å². The first-order valence-corrected chi connectivity index (χ1v) is 11.1. The number of nitrogens with zero attached hydrogens (tertiary/aromatic N) is 3. The van der Waals surface area contributed by atoms with Crippen LogP contribution < -0.4 is 5.32 Å². The fourth-order valence-electron chi connectivity index (χ4n) is 3.84. The molecule has 0 saturated carbocycles. The summed E-state index contributed by atoms with van der Waals surface area (Å²) in [5.74, 6) is -0.0495. The number of carbonyl (C=O) groups is 2. The van der Waals surface area contributed by atoms with Crippen molar-refractivity contribution in [1.29, 1.82) is 5.26 Å². The van der Waals surface area contributed by atoms with Gasteiger partial charge in [0.15, 0.2) is 0 Å². The lowest BCUT2D eigenvalue weighted by molar-refractivity contribution is -0.132. The zero-order chi connectivity index (χ0) is 20.9. The van der Waals surface area contributed by atoms with Crippen LogP contribution in [0.2, 0.25) is 0 Å². The van der Waals surface area contributed by atoms with Crippen LogP contribution in [0.1, 0.15) is 24.0 Å². The molecule has 2 aliphatic heterocycles. The van der Waals surface area contributed by atoms with E-state index in [2.05, 4.69) is 16.3 Å². The zero-order valence-electron chi connectivity index (χ0n) is 16.7. The van der Waals surface area contributed by atoms with Gasteiger partial charge in [0.25, 0.3) is 0 Å². The number of nitriles is 1. The van der Waals surface area contributed by atoms with Crippen LogP contribution in [0, 0.1) is 11.3 Å². The molecule has 0 radical (unpaired) electrons. The number of thioether (sulfide) groups is 1. The number of hydrogen-bond donors (Lipinski definition) is 1. The molecular formula is C23H24N4O2S. The maximum Gasteiger partial charge on any atom is 0.238 e. The molecule has 2 heterocycles. The Morgan fingerprint density at radius 1 is 1.10 bits per heavy atom. The summed E-state index contributed by atoms with van der Waals surface area (Å²) in [4.78, 5) is 30.6. The number of fused-ring (bicyclic) bond motifs is 1. The molecule has 2 aromatic carbocycles. The smallest absolute Gasteiger partial charge is 0.238 e. The largest absolute Gasteiger partial charge is 0.341 e. The Bertz CT molecular complexity index is 970. The van der Waals surface area contributed by atoms with Gasteiger partial charge in [-0.05, 0) is 36.2 Å². The van der Waals surface area contributed by atoms with Gasteiger partial charge in [-0.3, -0.25) is 14.5 Å². The molecule has 6 nitrogen and oxygen atoms in total. The Labute approximate surface area is 180 Å². The summed E-state index contributed by atoms with van der Waals surface area (Å²) in [7, 11) is 0. The zero-order valence-corrected chi connectivity index (χ0v) is 17.5. The van der Waals surface area contributed by atoms with E-state index in [0.29, 0.717) is 12.1 Å². The molecule has 0 aromatic heterocycles. The monoisotopic (exact) mass is 420 g/mol. The van der Waals surface area contributed by atoms with Gasteiger partial charge >= 0.3 is 0 Å². The van der Waals surface area contributed by atoms with Gasteiger partial charge < -0.3 is 10.2 Å². The predicted molar refractivity (Wildman–Crippen MR) is 117 cm³/mol. The van der Waals surface area contributed by atoms with Gasteiger partial charge in [-0.15, -0.1) is 11.8 Å². The van der Waals surface area contributed by atoms with E-state index in [0.717, 1.165) is 43.2 Å². The molecule has 2 amide bonds. The van der Waals surface area contributed by atoms with Crippen molar-refractivity contribution in [1.82, 2.24) is 9.80 Å². The minimum atomic E-state index is -0.384. The number of anilines is 1. The molecule has 0 aliphatic carbocycles. The van der Waals surface area contributed by atoms with Crippen LogP contribution in [0.5, 0.6) is 0 Å². The third kappa shape index (κ3) is 4.84. The van der Waals surface area contributed by atoms with Gasteiger partial charge in [0.05, 0.1) is 22.6 Å². The number of nitrogens with one attached hydrogen (secondary N) is 1.